The van der Waals surface area contributed by atoms with Gasteiger partial charge in [0.15, 0.2) is 0 Å². The molecule has 3 N–H and O–H groups in total. The van der Waals surface area contributed by atoms with Gasteiger partial charge in [-0.3, -0.25) is 0 Å². The number of halogens is 3. The van der Waals surface area contributed by atoms with Crippen LogP contribution in [0, 0.1) is 0 Å². The van der Waals surface area contributed by atoms with E-state index in [1.165, 1.54) is 6.92 Å². The van der Waals surface area contributed by atoms with E-state index < -0.39 is 29.4 Å². The van der Waals surface area contributed by atoms with E-state index in [1.807, 2.05) is 0 Å². The number of hydrogen-bond acceptors (Lipinski definition) is 2. The predicted octanol–water partition coefficient (Wildman–Crippen LogP) is 2.99. The third-order valence-electron chi connectivity index (χ3n) is 2.95. The van der Waals surface area contributed by atoms with Crippen LogP contribution in [-0.4, -0.2) is 22.8 Å². The van der Waals surface area contributed by atoms with E-state index in [-0.39, 0.29) is 5.69 Å². The summed E-state index contributed by atoms with van der Waals surface area (Å²) in [6.45, 7) is 4.78. The van der Waals surface area contributed by atoms with Crippen molar-refractivity contribution < 1.29 is 23.1 Å². The highest BCUT2D eigenvalue weighted by Crippen LogP contribution is 2.29. The molecule has 20 heavy (non-hydrogen) atoms. The van der Waals surface area contributed by atoms with Gasteiger partial charge in [0.05, 0.1) is 17.2 Å². The summed E-state index contributed by atoms with van der Waals surface area (Å²) in [5.41, 5.74) is -1.40. The Morgan fingerprint density at radius 1 is 1.20 bits per heavy atom. The van der Waals surface area contributed by atoms with Crippen molar-refractivity contribution in [3.05, 3.63) is 29.8 Å². The van der Waals surface area contributed by atoms with Crippen LogP contribution in [0.25, 0.3) is 0 Å². The number of carbonyl (C=O) groups excluding carboxylic acids is 1. The Hall–Kier alpha value is -1.76. The van der Waals surface area contributed by atoms with E-state index in [9.17, 15) is 23.1 Å². The van der Waals surface area contributed by atoms with Gasteiger partial charge in [0.25, 0.3) is 0 Å². The molecule has 2 amide bonds. The largest absolute Gasteiger partial charge is 0.416 e. The number of anilines is 1. The molecule has 0 bridgehead atoms. The van der Waals surface area contributed by atoms with Gasteiger partial charge in [-0.05, 0) is 45.0 Å². The second-order valence-corrected chi connectivity index (χ2v) is 5.05. The molecular weight excluding hydrogens is 273 g/mol. The van der Waals surface area contributed by atoms with E-state index in [4.69, 9.17) is 0 Å². The van der Waals surface area contributed by atoms with Gasteiger partial charge in [0, 0.05) is 5.69 Å². The van der Waals surface area contributed by atoms with E-state index in [0.717, 1.165) is 24.3 Å². The minimum absolute atomic E-state index is 0.233. The van der Waals surface area contributed by atoms with Gasteiger partial charge in [0.2, 0.25) is 0 Å². The summed E-state index contributed by atoms with van der Waals surface area (Å²) < 4.78 is 37.1. The predicted molar refractivity (Wildman–Crippen MR) is 69.4 cm³/mol. The van der Waals surface area contributed by atoms with Crippen LogP contribution in [-0.2, 0) is 6.18 Å². The van der Waals surface area contributed by atoms with Crippen molar-refractivity contribution in [3.8, 4) is 0 Å². The van der Waals surface area contributed by atoms with Crippen molar-refractivity contribution in [2.24, 2.45) is 0 Å². The van der Waals surface area contributed by atoms with E-state index in [2.05, 4.69) is 10.6 Å². The van der Waals surface area contributed by atoms with Gasteiger partial charge < -0.3 is 15.7 Å². The molecule has 0 radical (unpaired) electrons. The lowest BCUT2D eigenvalue weighted by atomic mass is 9.99. The topological polar surface area (TPSA) is 61.4 Å². The molecule has 0 aliphatic carbocycles. The van der Waals surface area contributed by atoms with Gasteiger partial charge in [0.1, 0.15) is 0 Å². The fourth-order valence-electron chi connectivity index (χ4n) is 1.30. The molecular formula is C13H17F3N2O2. The molecule has 0 aromatic heterocycles. The summed E-state index contributed by atoms with van der Waals surface area (Å²) >= 11 is 0. The molecule has 4 nitrogen and oxygen atoms in total. The van der Waals surface area contributed by atoms with Crippen molar-refractivity contribution in [1.82, 2.24) is 5.32 Å². The molecule has 112 valence electrons. The van der Waals surface area contributed by atoms with Gasteiger partial charge in [-0.15, -0.1) is 0 Å². The number of hydrogen-bond donors (Lipinski definition) is 3. The van der Waals surface area contributed by atoms with Gasteiger partial charge in [-0.2, -0.15) is 13.2 Å². The molecule has 7 heteroatoms. The lowest BCUT2D eigenvalue weighted by Gasteiger charge is -2.29. The Bertz CT molecular complexity index is 467. The first-order valence-electron chi connectivity index (χ1n) is 5.97. The zero-order valence-corrected chi connectivity index (χ0v) is 11.4. The second-order valence-electron chi connectivity index (χ2n) is 5.05. The summed E-state index contributed by atoms with van der Waals surface area (Å²) in [7, 11) is 0. The van der Waals surface area contributed by atoms with Crippen molar-refractivity contribution in [3.63, 3.8) is 0 Å². The van der Waals surface area contributed by atoms with Crippen LogP contribution >= 0.6 is 0 Å². The molecule has 0 spiro atoms. The highest BCUT2D eigenvalue weighted by atomic mass is 19.4. The third kappa shape index (κ3) is 4.41. The Kier molecular flexibility index (Phi) is 4.65. The van der Waals surface area contributed by atoms with Crippen molar-refractivity contribution in [2.45, 2.75) is 38.6 Å². The minimum Gasteiger partial charge on any atom is -0.391 e. The fourth-order valence-corrected chi connectivity index (χ4v) is 1.30. The first-order chi connectivity index (χ1) is 9.02. The molecule has 0 saturated carbocycles. The number of nitrogens with one attached hydrogen (secondary N) is 2. The number of carbonyl (C=O) groups is 1. The fraction of sp³-hybridized carbons (Fsp3) is 0.462. The molecule has 0 heterocycles. The van der Waals surface area contributed by atoms with Crippen LogP contribution in [0.15, 0.2) is 24.3 Å². The maximum absolute atomic E-state index is 12.4. The lowest BCUT2D eigenvalue weighted by molar-refractivity contribution is -0.137. The normalized spacial score (nSPS) is 13.8. The number of aliphatic hydroxyl groups excluding tert-OH is 1. The summed E-state index contributed by atoms with van der Waals surface area (Å²) in [6, 6.07) is 3.50. The van der Waals surface area contributed by atoms with Crippen LogP contribution in [0.2, 0.25) is 0 Å². The first kappa shape index (κ1) is 16.3. The zero-order valence-electron chi connectivity index (χ0n) is 11.4. The maximum Gasteiger partial charge on any atom is 0.416 e. The molecule has 0 aliphatic rings. The van der Waals surface area contributed by atoms with Gasteiger partial charge in [-0.1, -0.05) is 0 Å². The summed E-state index contributed by atoms with van der Waals surface area (Å²) in [5, 5.41) is 14.4. The SMILES string of the molecule is CC(O)C(C)(C)NC(=O)Nc1ccc(C(F)(F)F)cc1. The van der Waals surface area contributed by atoms with Crippen LogP contribution < -0.4 is 10.6 Å². The number of benzene rings is 1. The average Bonchev–Trinajstić information content (AvgIpc) is 2.27. The summed E-state index contributed by atoms with van der Waals surface area (Å²) in [6.07, 6.45) is -5.18. The van der Waals surface area contributed by atoms with Crippen LogP contribution in [0.1, 0.15) is 26.3 Å². The smallest absolute Gasteiger partial charge is 0.391 e. The van der Waals surface area contributed by atoms with Gasteiger partial charge >= 0.3 is 12.2 Å². The Balaban J connectivity index is 2.68. The van der Waals surface area contributed by atoms with Crippen molar-refractivity contribution >= 4 is 11.7 Å². The summed E-state index contributed by atoms with van der Waals surface area (Å²) in [5.74, 6) is 0. The molecule has 1 unspecified atom stereocenters. The number of aliphatic hydroxyl groups is 1. The summed E-state index contributed by atoms with van der Waals surface area (Å²) in [4.78, 5) is 11.7. The van der Waals surface area contributed by atoms with Crippen LogP contribution in [0.4, 0.5) is 23.7 Å². The second kappa shape index (κ2) is 5.70. The maximum atomic E-state index is 12.4. The Labute approximate surface area is 115 Å². The van der Waals surface area contributed by atoms with E-state index >= 15 is 0 Å². The number of urea groups is 1. The third-order valence-corrected chi connectivity index (χ3v) is 2.95. The van der Waals surface area contributed by atoms with Crippen molar-refractivity contribution in [1.29, 1.82) is 0 Å². The monoisotopic (exact) mass is 290 g/mol. The lowest BCUT2D eigenvalue weighted by Crippen LogP contribution is -2.52. The Morgan fingerprint density at radius 3 is 2.10 bits per heavy atom. The molecule has 1 rings (SSSR count). The minimum atomic E-state index is -4.41. The highest BCUT2D eigenvalue weighted by Gasteiger charge is 2.30. The van der Waals surface area contributed by atoms with E-state index in [0.29, 0.717) is 0 Å². The van der Waals surface area contributed by atoms with Gasteiger partial charge in [-0.25, -0.2) is 4.79 Å². The number of rotatable bonds is 3. The molecule has 0 saturated heterocycles. The highest BCUT2D eigenvalue weighted by molar-refractivity contribution is 5.89. The standard InChI is InChI=1S/C13H17F3N2O2/c1-8(19)12(2,3)18-11(20)17-10-6-4-9(5-7-10)13(14,15)16/h4-8,19H,1-3H3,(H2,17,18,20). The molecule has 0 aliphatic heterocycles. The quantitative estimate of drug-likeness (QED) is 0.801. The van der Waals surface area contributed by atoms with Crippen LogP contribution in [0.5, 0.6) is 0 Å². The van der Waals surface area contributed by atoms with Crippen LogP contribution in [0.3, 0.4) is 0 Å². The first-order valence-corrected chi connectivity index (χ1v) is 5.97. The number of amides is 2. The van der Waals surface area contributed by atoms with Crippen molar-refractivity contribution in [2.75, 3.05) is 5.32 Å². The molecule has 1 aromatic carbocycles. The average molecular weight is 290 g/mol. The number of alkyl halides is 3. The molecule has 1 atom stereocenters. The van der Waals surface area contributed by atoms with E-state index in [1.54, 1.807) is 13.8 Å². The molecule has 0 fully saturated rings. The zero-order chi connectivity index (χ0) is 15.6. The Morgan fingerprint density at radius 2 is 1.70 bits per heavy atom. The molecule has 1 aromatic rings.